The van der Waals surface area contributed by atoms with Gasteiger partial charge in [0, 0.05) is 13.1 Å². The lowest BCUT2D eigenvalue weighted by Gasteiger charge is -1.95. The number of fused-ring (bicyclic) bond motifs is 1. The van der Waals surface area contributed by atoms with Crippen LogP contribution >= 0.6 is 0 Å². The second-order valence-electron chi connectivity index (χ2n) is 2.78. The molecule has 4 heteroatoms. The van der Waals surface area contributed by atoms with Gasteiger partial charge in [-0.15, -0.1) is 0 Å². The predicted octanol–water partition coefficient (Wildman–Crippen LogP) is 1.40. The van der Waals surface area contributed by atoms with E-state index in [-0.39, 0.29) is 11.7 Å². The third-order valence-corrected chi connectivity index (χ3v) is 1.88. The van der Waals surface area contributed by atoms with E-state index < -0.39 is 0 Å². The van der Waals surface area contributed by atoms with Crippen LogP contribution in [0, 0.1) is 0 Å². The Hall–Kier alpha value is -1.84. The number of carbonyl (C=O) groups is 1. The van der Waals surface area contributed by atoms with Gasteiger partial charge in [-0.1, -0.05) is 0 Å². The van der Waals surface area contributed by atoms with Gasteiger partial charge in [0.1, 0.15) is 11.4 Å². The number of rotatable bonds is 0. The number of aromatic hydroxyl groups is 1. The van der Waals surface area contributed by atoms with E-state index in [2.05, 4.69) is 4.98 Å². The summed E-state index contributed by atoms with van der Waals surface area (Å²) in [5.74, 6) is -0.0812. The third kappa shape index (κ3) is 1.07. The molecule has 0 amide bonds. The van der Waals surface area contributed by atoms with E-state index >= 15 is 0 Å². The van der Waals surface area contributed by atoms with E-state index in [1.807, 2.05) is 0 Å². The van der Waals surface area contributed by atoms with Crippen LogP contribution in [0.3, 0.4) is 0 Å². The van der Waals surface area contributed by atoms with Gasteiger partial charge in [-0.05, 0) is 12.1 Å². The zero-order valence-corrected chi connectivity index (χ0v) is 7.06. The molecule has 4 nitrogen and oxygen atoms in total. The summed E-state index contributed by atoms with van der Waals surface area (Å²) in [5, 5.41) is 10.0. The number of carbonyl (C=O) groups excluding carboxylic acids is 1. The van der Waals surface area contributed by atoms with Crippen LogP contribution in [-0.4, -0.2) is 20.6 Å². The molecule has 0 aliphatic heterocycles. The van der Waals surface area contributed by atoms with E-state index in [9.17, 15) is 9.90 Å². The van der Waals surface area contributed by atoms with Crippen molar-refractivity contribution < 1.29 is 9.90 Å². The zero-order chi connectivity index (χ0) is 9.42. The molecule has 0 atom stereocenters. The van der Waals surface area contributed by atoms with Crippen molar-refractivity contribution in [1.29, 1.82) is 0 Å². The van der Waals surface area contributed by atoms with Crippen LogP contribution in [0.1, 0.15) is 11.7 Å². The lowest BCUT2D eigenvalue weighted by atomic mass is 10.3. The summed E-state index contributed by atoms with van der Waals surface area (Å²) in [7, 11) is 0. The molecule has 0 aromatic carbocycles. The second kappa shape index (κ2) is 2.58. The van der Waals surface area contributed by atoms with Crippen LogP contribution in [0.2, 0.25) is 0 Å². The van der Waals surface area contributed by atoms with Gasteiger partial charge in [0.05, 0.1) is 11.6 Å². The quantitative estimate of drug-likeness (QED) is 0.660. The third-order valence-electron chi connectivity index (χ3n) is 1.88. The summed E-state index contributed by atoms with van der Waals surface area (Å²) in [4.78, 5) is 15.1. The molecular weight excluding hydrogens is 168 g/mol. The van der Waals surface area contributed by atoms with E-state index in [0.29, 0.717) is 11.0 Å². The van der Waals surface area contributed by atoms with E-state index in [4.69, 9.17) is 0 Å². The maximum Gasteiger partial charge on any atom is 0.229 e. The van der Waals surface area contributed by atoms with Crippen LogP contribution in [0.15, 0.2) is 24.5 Å². The molecule has 0 fully saturated rings. The molecule has 2 rings (SSSR count). The van der Waals surface area contributed by atoms with Crippen LogP contribution in [0.5, 0.6) is 5.75 Å². The second-order valence-corrected chi connectivity index (χ2v) is 2.78. The fraction of sp³-hybridized carbons (Fsp3) is 0.111. The normalized spacial score (nSPS) is 10.5. The maximum absolute atomic E-state index is 11.1. The lowest BCUT2D eigenvalue weighted by molar-refractivity contribution is 0.0940. The summed E-state index contributed by atoms with van der Waals surface area (Å²) in [6.45, 7) is 1.42. The molecule has 2 aromatic rings. The maximum atomic E-state index is 11.1. The van der Waals surface area contributed by atoms with Gasteiger partial charge >= 0.3 is 0 Å². The first-order valence-corrected chi connectivity index (χ1v) is 3.86. The molecule has 2 heterocycles. The Balaban J connectivity index is 2.85. The SMILES string of the molecule is CC(=O)n1cc(O)c2cccnc21. The van der Waals surface area contributed by atoms with Crippen molar-refractivity contribution in [3.63, 3.8) is 0 Å². The number of hydrogen-bond acceptors (Lipinski definition) is 3. The van der Waals surface area contributed by atoms with E-state index in [0.717, 1.165) is 0 Å². The Morgan fingerprint density at radius 2 is 2.38 bits per heavy atom. The predicted molar refractivity (Wildman–Crippen MR) is 47.7 cm³/mol. The number of nitrogens with zero attached hydrogens (tertiary/aromatic N) is 2. The van der Waals surface area contributed by atoms with Crippen molar-refractivity contribution in [2.24, 2.45) is 0 Å². The highest BCUT2D eigenvalue weighted by atomic mass is 16.3. The first-order valence-electron chi connectivity index (χ1n) is 3.86. The number of hydrogen-bond donors (Lipinski definition) is 1. The summed E-state index contributed by atoms with van der Waals surface area (Å²) in [5.41, 5.74) is 0.493. The van der Waals surface area contributed by atoms with Crippen LogP contribution in [0.4, 0.5) is 0 Å². The van der Waals surface area contributed by atoms with Gasteiger partial charge < -0.3 is 5.11 Å². The van der Waals surface area contributed by atoms with Crippen LogP contribution in [-0.2, 0) is 0 Å². The number of pyridine rings is 1. The average Bonchev–Trinajstić information content (AvgIpc) is 2.45. The van der Waals surface area contributed by atoms with Crippen molar-refractivity contribution in [2.75, 3.05) is 0 Å². The highest BCUT2D eigenvalue weighted by Crippen LogP contribution is 2.24. The first kappa shape index (κ1) is 7.79. The van der Waals surface area contributed by atoms with Gasteiger partial charge in [0.15, 0.2) is 0 Å². The first-order chi connectivity index (χ1) is 6.20. The number of aromatic nitrogens is 2. The Morgan fingerprint density at radius 1 is 1.62 bits per heavy atom. The summed E-state index contributed by atoms with van der Waals surface area (Å²) < 4.78 is 1.32. The zero-order valence-electron chi connectivity index (χ0n) is 7.06. The molecule has 0 saturated carbocycles. The van der Waals surface area contributed by atoms with E-state index in [1.54, 1.807) is 18.3 Å². The molecule has 0 bridgehead atoms. The molecule has 0 spiro atoms. The highest BCUT2D eigenvalue weighted by Gasteiger charge is 2.09. The van der Waals surface area contributed by atoms with Gasteiger partial charge in [-0.25, -0.2) is 4.98 Å². The Bertz CT molecular complexity index is 473. The summed E-state index contributed by atoms with van der Waals surface area (Å²) >= 11 is 0. The minimum Gasteiger partial charge on any atom is -0.506 e. The smallest absolute Gasteiger partial charge is 0.229 e. The standard InChI is InChI=1S/C9H8N2O2/c1-6(12)11-5-8(13)7-3-2-4-10-9(7)11/h2-5,13H,1H3. The fourth-order valence-corrected chi connectivity index (χ4v) is 1.28. The molecule has 0 aliphatic rings. The molecule has 0 aliphatic carbocycles. The van der Waals surface area contributed by atoms with Gasteiger partial charge in [-0.2, -0.15) is 0 Å². The fourth-order valence-electron chi connectivity index (χ4n) is 1.28. The average molecular weight is 176 g/mol. The van der Waals surface area contributed by atoms with E-state index in [1.165, 1.54) is 17.7 Å². The largest absolute Gasteiger partial charge is 0.506 e. The van der Waals surface area contributed by atoms with Gasteiger partial charge in [-0.3, -0.25) is 9.36 Å². The summed E-state index contributed by atoms with van der Waals surface area (Å²) in [6, 6.07) is 3.43. The molecule has 0 saturated heterocycles. The summed E-state index contributed by atoms with van der Waals surface area (Å²) in [6.07, 6.45) is 2.96. The van der Waals surface area contributed by atoms with Crippen molar-refractivity contribution in [1.82, 2.24) is 9.55 Å². The Kier molecular flexibility index (Phi) is 1.55. The molecule has 66 valence electrons. The molecular formula is C9H8N2O2. The van der Waals surface area contributed by atoms with Gasteiger partial charge in [0.25, 0.3) is 0 Å². The van der Waals surface area contributed by atoms with Crippen molar-refractivity contribution in [3.05, 3.63) is 24.5 Å². The highest BCUT2D eigenvalue weighted by molar-refractivity contribution is 5.92. The van der Waals surface area contributed by atoms with Crippen LogP contribution < -0.4 is 0 Å². The Labute approximate surface area is 74.4 Å². The molecule has 13 heavy (non-hydrogen) atoms. The molecule has 0 radical (unpaired) electrons. The monoisotopic (exact) mass is 176 g/mol. The molecule has 2 aromatic heterocycles. The topological polar surface area (TPSA) is 55.1 Å². The van der Waals surface area contributed by atoms with Crippen molar-refractivity contribution in [3.8, 4) is 5.75 Å². The minimum atomic E-state index is -0.163. The Morgan fingerprint density at radius 3 is 3.08 bits per heavy atom. The van der Waals surface area contributed by atoms with Gasteiger partial charge in [0.2, 0.25) is 5.91 Å². The lowest BCUT2D eigenvalue weighted by Crippen LogP contribution is -2.03. The minimum absolute atomic E-state index is 0.0818. The van der Waals surface area contributed by atoms with Crippen molar-refractivity contribution >= 4 is 16.9 Å². The van der Waals surface area contributed by atoms with Crippen molar-refractivity contribution in [2.45, 2.75) is 6.92 Å². The molecule has 0 unspecified atom stereocenters. The molecule has 1 N–H and O–H groups in total. The van der Waals surface area contributed by atoms with Crippen LogP contribution in [0.25, 0.3) is 11.0 Å².